The minimum absolute atomic E-state index is 0.0198. The van der Waals surface area contributed by atoms with Crippen molar-refractivity contribution in [1.82, 2.24) is 5.32 Å². The van der Waals surface area contributed by atoms with Crippen LogP contribution >= 0.6 is 11.8 Å². The van der Waals surface area contributed by atoms with Gasteiger partial charge < -0.3 is 10.4 Å². The molecule has 1 rings (SSSR count). The van der Waals surface area contributed by atoms with Crippen molar-refractivity contribution in [1.29, 1.82) is 0 Å². The molecular formula is C14H21F2NOS. The molecule has 0 saturated heterocycles. The lowest BCUT2D eigenvalue weighted by molar-refractivity contribution is 0.289. The van der Waals surface area contributed by atoms with Gasteiger partial charge in [0.1, 0.15) is 11.6 Å². The van der Waals surface area contributed by atoms with Crippen LogP contribution in [0.15, 0.2) is 17.0 Å². The number of aliphatic hydroxyl groups excluding tert-OH is 1. The average molecular weight is 289 g/mol. The van der Waals surface area contributed by atoms with Crippen LogP contribution in [0, 0.1) is 11.6 Å². The summed E-state index contributed by atoms with van der Waals surface area (Å²) in [4.78, 5) is 0.0363. The maximum atomic E-state index is 13.9. The third-order valence-electron chi connectivity index (χ3n) is 2.63. The molecule has 0 aromatic heterocycles. The lowest BCUT2D eigenvalue weighted by Gasteiger charge is -2.13. The van der Waals surface area contributed by atoms with Crippen LogP contribution in [-0.2, 0) is 6.54 Å². The molecule has 1 unspecified atom stereocenters. The van der Waals surface area contributed by atoms with Crippen molar-refractivity contribution in [3.8, 4) is 0 Å². The molecule has 108 valence electrons. The van der Waals surface area contributed by atoms with Crippen molar-refractivity contribution in [2.75, 3.05) is 6.61 Å². The van der Waals surface area contributed by atoms with E-state index in [4.69, 9.17) is 5.11 Å². The van der Waals surface area contributed by atoms with Crippen LogP contribution in [0.1, 0.15) is 32.8 Å². The van der Waals surface area contributed by atoms with Crippen LogP contribution in [-0.4, -0.2) is 23.0 Å². The van der Waals surface area contributed by atoms with E-state index in [9.17, 15) is 8.78 Å². The highest BCUT2D eigenvalue weighted by atomic mass is 32.2. The Morgan fingerprint density at radius 1 is 1.21 bits per heavy atom. The third kappa shape index (κ3) is 5.47. The highest BCUT2D eigenvalue weighted by Gasteiger charge is 2.15. The number of thioether (sulfide) groups is 1. The molecule has 2 N–H and O–H groups in total. The summed E-state index contributed by atoms with van der Waals surface area (Å²) in [5, 5.41) is 11.9. The predicted molar refractivity (Wildman–Crippen MR) is 75.4 cm³/mol. The second kappa shape index (κ2) is 7.82. The number of nitrogens with one attached hydrogen (secondary N) is 1. The number of aliphatic hydroxyl groups is 1. The van der Waals surface area contributed by atoms with E-state index in [1.54, 1.807) is 0 Å². The molecule has 1 atom stereocenters. The molecule has 5 heteroatoms. The van der Waals surface area contributed by atoms with Gasteiger partial charge in [0.15, 0.2) is 0 Å². The van der Waals surface area contributed by atoms with E-state index in [0.29, 0.717) is 18.5 Å². The van der Waals surface area contributed by atoms with Crippen molar-refractivity contribution in [2.45, 2.75) is 49.9 Å². The van der Waals surface area contributed by atoms with Crippen molar-refractivity contribution < 1.29 is 13.9 Å². The third-order valence-corrected chi connectivity index (χ3v) is 3.89. The van der Waals surface area contributed by atoms with E-state index in [1.807, 2.05) is 20.8 Å². The van der Waals surface area contributed by atoms with Gasteiger partial charge in [0.05, 0.1) is 4.90 Å². The van der Waals surface area contributed by atoms with Gasteiger partial charge in [-0.2, -0.15) is 0 Å². The summed E-state index contributed by atoms with van der Waals surface area (Å²) in [5.74, 6) is -1.06. The average Bonchev–Trinajstić information content (AvgIpc) is 2.31. The van der Waals surface area contributed by atoms with Gasteiger partial charge in [0.25, 0.3) is 0 Å². The van der Waals surface area contributed by atoms with Gasteiger partial charge in [-0.05, 0) is 24.1 Å². The van der Waals surface area contributed by atoms with Gasteiger partial charge in [-0.3, -0.25) is 0 Å². The number of benzene rings is 1. The fraction of sp³-hybridized carbons (Fsp3) is 0.571. The smallest absolute Gasteiger partial charge is 0.140 e. The minimum Gasteiger partial charge on any atom is -0.396 e. The highest BCUT2D eigenvalue weighted by Crippen LogP contribution is 2.30. The Morgan fingerprint density at radius 3 is 2.26 bits per heavy atom. The molecule has 1 aromatic rings. The largest absolute Gasteiger partial charge is 0.396 e. The SMILES string of the molecule is CC(C)NCc1cc(F)c(SC(C)CCO)c(F)c1. The van der Waals surface area contributed by atoms with Crippen LogP contribution in [0.4, 0.5) is 8.78 Å². The van der Waals surface area contributed by atoms with Crippen LogP contribution in [0.25, 0.3) is 0 Å². The fourth-order valence-corrected chi connectivity index (χ4v) is 2.56. The van der Waals surface area contributed by atoms with Crippen molar-refractivity contribution in [2.24, 2.45) is 0 Å². The highest BCUT2D eigenvalue weighted by molar-refractivity contribution is 8.00. The van der Waals surface area contributed by atoms with Crippen LogP contribution < -0.4 is 5.32 Å². The molecule has 0 radical (unpaired) electrons. The normalized spacial score (nSPS) is 13.0. The summed E-state index contributed by atoms with van der Waals surface area (Å²) in [7, 11) is 0. The summed E-state index contributed by atoms with van der Waals surface area (Å²) in [5.41, 5.74) is 0.600. The first kappa shape index (κ1) is 16.4. The Labute approximate surface area is 117 Å². The van der Waals surface area contributed by atoms with E-state index < -0.39 is 11.6 Å². The standard InChI is InChI=1S/C14H21F2NOS/c1-9(2)17-8-11-6-12(15)14(13(16)7-11)19-10(3)4-5-18/h6-7,9-10,17-18H,4-5,8H2,1-3H3. The van der Waals surface area contributed by atoms with Crippen LogP contribution in [0.5, 0.6) is 0 Å². The summed E-state index contributed by atoms with van der Waals surface area (Å²) in [6, 6.07) is 3.00. The van der Waals surface area contributed by atoms with Gasteiger partial charge >= 0.3 is 0 Å². The lowest BCUT2D eigenvalue weighted by Crippen LogP contribution is -2.22. The molecule has 1 aromatic carbocycles. The first-order chi connectivity index (χ1) is 8.93. The number of hydrogen-bond acceptors (Lipinski definition) is 3. The molecule has 0 aliphatic carbocycles. The first-order valence-electron chi connectivity index (χ1n) is 6.42. The summed E-state index contributed by atoms with van der Waals surface area (Å²) < 4.78 is 27.8. The Morgan fingerprint density at radius 2 is 1.79 bits per heavy atom. The quantitative estimate of drug-likeness (QED) is 0.755. The second-order valence-corrected chi connectivity index (χ2v) is 6.31. The summed E-state index contributed by atoms with van der Waals surface area (Å²) >= 11 is 1.12. The van der Waals surface area contributed by atoms with Gasteiger partial charge in [0, 0.05) is 24.4 Å². The summed E-state index contributed by atoms with van der Waals surface area (Å²) in [6.45, 7) is 6.27. The zero-order valence-electron chi connectivity index (χ0n) is 11.5. The molecule has 19 heavy (non-hydrogen) atoms. The Bertz CT molecular complexity index is 389. The monoisotopic (exact) mass is 289 g/mol. The maximum absolute atomic E-state index is 13.9. The van der Waals surface area contributed by atoms with Crippen molar-refractivity contribution in [3.63, 3.8) is 0 Å². The van der Waals surface area contributed by atoms with Crippen molar-refractivity contribution >= 4 is 11.8 Å². The molecule has 0 heterocycles. The first-order valence-corrected chi connectivity index (χ1v) is 7.30. The zero-order valence-corrected chi connectivity index (χ0v) is 12.4. The number of rotatable bonds is 7. The minimum atomic E-state index is -0.532. The lowest BCUT2D eigenvalue weighted by atomic mass is 10.2. The van der Waals surface area contributed by atoms with Gasteiger partial charge in [-0.25, -0.2) is 8.78 Å². The fourth-order valence-electron chi connectivity index (χ4n) is 1.59. The molecule has 2 nitrogen and oxygen atoms in total. The molecule has 0 saturated carbocycles. The van der Waals surface area contributed by atoms with E-state index in [-0.39, 0.29) is 22.8 Å². The second-order valence-electron chi connectivity index (χ2n) is 4.86. The topological polar surface area (TPSA) is 32.3 Å². The van der Waals surface area contributed by atoms with E-state index in [0.717, 1.165) is 11.8 Å². The number of halogens is 2. The Hall–Kier alpha value is -0.650. The molecule has 0 aliphatic heterocycles. The molecule has 0 spiro atoms. The van der Waals surface area contributed by atoms with Gasteiger partial charge in [0.2, 0.25) is 0 Å². The van der Waals surface area contributed by atoms with E-state index in [1.165, 1.54) is 12.1 Å². The molecule has 0 bridgehead atoms. The molecule has 0 amide bonds. The maximum Gasteiger partial charge on any atom is 0.140 e. The zero-order chi connectivity index (χ0) is 14.4. The van der Waals surface area contributed by atoms with Crippen LogP contribution in [0.3, 0.4) is 0 Å². The van der Waals surface area contributed by atoms with Gasteiger partial charge in [-0.1, -0.05) is 20.8 Å². The predicted octanol–water partition coefficient (Wildman–Crippen LogP) is 3.33. The van der Waals surface area contributed by atoms with Crippen LogP contribution in [0.2, 0.25) is 0 Å². The number of hydrogen-bond donors (Lipinski definition) is 2. The van der Waals surface area contributed by atoms with Gasteiger partial charge in [-0.15, -0.1) is 11.8 Å². The molecule has 0 aliphatic rings. The Balaban J connectivity index is 2.79. The molecular weight excluding hydrogens is 268 g/mol. The van der Waals surface area contributed by atoms with E-state index >= 15 is 0 Å². The molecule has 0 fully saturated rings. The Kier molecular flexibility index (Phi) is 6.75. The van der Waals surface area contributed by atoms with E-state index in [2.05, 4.69) is 5.32 Å². The van der Waals surface area contributed by atoms with Crippen molar-refractivity contribution in [3.05, 3.63) is 29.3 Å². The summed E-state index contributed by atoms with van der Waals surface area (Å²) in [6.07, 6.45) is 0.514.